The molecule has 0 bridgehead atoms. The first-order chi connectivity index (χ1) is 12.2. The molecule has 0 aromatic carbocycles. The first-order valence-corrected chi connectivity index (χ1v) is 8.43. The van der Waals surface area contributed by atoms with Gasteiger partial charge in [0.05, 0.1) is 21.6 Å². The van der Waals surface area contributed by atoms with E-state index in [0.717, 1.165) is 0 Å². The fourth-order valence-electron chi connectivity index (χ4n) is 2.33. The number of allylic oxidation sites excluding steroid dienone is 2. The van der Waals surface area contributed by atoms with Gasteiger partial charge < -0.3 is 9.47 Å². The summed E-state index contributed by atoms with van der Waals surface area (Å²) in [6.07, 6.45) is 6.56. The lowest BCUT2D eigenvalue weighted by Crippen LogP contribution is -2.41. The van der Waals surface area contributed by atoms with Gasteiger partial charge in [0.25, 0.3) is 11.4 Å². The Morgan fingerprint density at radius 3 is 1.58 bits per heavy atom. The molecule has 0 aromatic heterocycles. The fraction of sp³-hybridized carbons (Fsp3) is 0.400. The summed E-state index contributed by atoms with van der Waals surface area (Å²) in [5.74, 6) is -0.287. The van der Waals surface area contributed by atoms with Crippen LogP contribution < -0.4 is 0 Å². The largest absolute Gasteiger partial charge is 0.510 e. The predicted molar refractivity (Wildman–Crippen MR) is 92.1 cm³/mol. The van der Waals surface area contributed by atoms with Crippen molar-refractivity contribution in [3.8, 4) is 0 Å². The highest BCUT2D eigenvalue weighted by Gasteiger charge is 2.39. The first kappa shape index (κ1) is 19.9. The molecule has 2 aliphatic carbocycles. The zero-order valence-electron chi connectivity index (χ0n) is 13.3. The minimum absolute atomic E-state index is 0.00744. The molecule has 2 rings (SSSR count). The SMILES string of the molecule is O=C(OC1(CCl)C=CC([N+](=O)[O-])=CC1)OC1(CCl)C=CC([N+](=O)[O-])=CC1. The van der Waals surface area contributed by atoms with Crippen LogP contribution in [0.3, 0.4) is 0 Å². The second kappa shape index (κ2) is 7.88. The van der Waals surface area contributed by atoms with Gasteiger partial charge >= 0.3 is 6.16 Å². The number of halogens is 2. The van der Waals surface area contributed by atoms with Crippen LogP contribution in [0, 0.1) is 20.2 Å². The highest BCUT2D eigenvalue weighted by atomic mass is 35.5. The molecule has 2 aliphatic rings. The molecule has 0 spiro atoms. The summed E-state index contributed by atoms with van der Waals surface area (Å²) in [5.41, 5.74) is -2.84. The van der Waals surface area contributed by atoms with Crippen LogP contribution in [0.1, 0.15) is 12.8 Å². The van der Waals surface area contributed by atoms with Gasteiger partial charge in [-0.3, -0.25) is 20.2 Å². The van der Waals surface area contributed by atoms with Gasteiger partial charge in [0.2, 0.25) is 0 Å². The monoisotopic (exact) mass is 404 g/mol. The van der Waals surface area contributed by atoms with Crippen LogP contribution in [0.25, 0.3) is 0 Å². The molecule has 0 amide bonds. The van der Waals surface area contributed by atoms with E-state index in [-0.39, 0.29) is 36.0 Å². The molecule has 9 nitrogen and oxygen atoms in total. The summed E-state index contributed by atoms with van der Waals surface area (Å²) in [6.45, 7) is 0. The molecular weight excluding hydrogens is 391 g/mol. The van der Waals surface area contributed by atoms with E-state index in [4.69, 9.17) is 32.7 Å². The summed E-state index contributed by atoms with van der Waals surface area (Å²) >= 11 is 11.7. The number of hydrogen-bond acceptors (Lipinski definition) is 7. The van der Waals surface area contributed by atoms with Crippen molar-refractivity contribution in [2.24, 2.45) is 0 Å². The van der Waals surface area contributed by atoms with Gasteiger partial charge in [0.1, 0.15) is 0 Å². The molecule has 0 fully saturated rings. The molecule has 2 atom stereocenters. The molecule has 11 heteroatoms. The van der Waals surface area contributed by atoms with Crippen LogP contribution >= 0.6 is 23.2 Å². The predicted octanol–water partition coefficient (Wildman–Crippen LogP) is 3.34. The lowest BCUT2D eigenvalue weighted by molar-refractivity contribution is -0.419. The Morgan fingerprint density at radius 1 is 0.962 bits per heavy atom. The maximum Gasteiger partial charge on any atom is 0.510 e. The lowest BCUT2D eigenvalue weighted by Gasteiger charge is -2.32. The molecule has 0 aromatic rings. The third kappa shape index (κ3) is 4.41. The van der Waals surface area contributed by atoms with Gasteiger partial charge in [-0.15, -0.1) is 23.2 Å². The second-order valence-electron chi connectivity index (χ2n) is 5.70. The first-order valence-electron chi connectivity index (χ1n) is 7.36. The van der Waals surface area contributed by atoms with Gasteiger partial charge in [-0.1, -0.05) is 0 Å². The van der Waals surface area contributed by atoms with E-state index in [9.17, 15) is 25.0 Å². The number of carbonyl (C=O) groups excluding carboxylic acids is 1. The van der Waals surface area contributed by atoms with E-state index in [1.165, 1.54) is 36.5 Å². The Hall–Kier alpha value is -2.39. The summed E-state index contributed by atoms with van der Waals surface area (Å²) in [6, 6.07) is 0. The molecule has 26 heavy (non-hydrogen) atoms. The topological polar surface area (TPSA) is 122 Å². The number of rotatable bonds is 6. The normalized spacial score (nSPS) is 27.3. The Morgan fingerprint density at radius 2 is 1.35 bits per heavy atom. The third-order valence-corrected chi connectivity index (χ3v) is 4.78. The minimum atomic E-state index is -1.29. The number of hydrogen-bond donors (Lipinski definition) is 0. The Kier molecular flexibility index (Phi) is 6.04. The van der Waals surface area contributed by atoms with Crippen molar-refractivity contribution in [1.82, 2.24) is 0 Å². The molecule has 0 radical (unpaired) electrons. The number of carbonyl (C=O) groups is 1. The van der Waals surface area contributed by atoms with Crippen LogP contribution in [0.5, 0.6) is 0 Å². The van der Waals surface area contributed by atoms with Gasteiger partial charge in [0, 0.05) is 25.0 Å². The zero-order valence-corrected chi connectivity index (χ0v) is 14.8. The van der Waals surface area contributed by atoms with Crippen molar-refractivity contribution in [1.29, 1.82) is 0 Å². The Bertz CT molecular complexity index is 686. The van der Waals surface area contributed by atoms with Crippen LogP contribution in [0.15, 0.2) is 47.9 Å². The van der Waals surface area contributed by atoms with Crippen molar-refractivity contribution in [2.45, 2.75) is 24.0 Å². The number of ether oxygens (including phenoxy) is 2. The van der Waals surface area contributed by atoms with E-state index in [1.807, 2.05) is 0 Å². The highest BCUT2D eigenvalue weighted by Crippen LogP contribution is 2.31. The smallest absolute Gasteiger partial charge is 0.422 e. The minimum Gasteiger partial charge on any atom is -0.422 e. The zero-order chi connectivity index (χ0) is 19.4. The van der Waals surface area contributed by atoms with E-state index in [2.05, 4.69) is 0 Å². The van der Waals surface area contributed by atoms with Crippen LogP contribution in [0.4, 0.5) is 4.79 Å². The van der Waals surface area contributed by atoms with Gasteiger partial charge in [-0.25, -0.2) is 4.79 Å². The van der Waals surface area contributed by atoms with Crippen molar-refractivity contribution < 1.29 is 24.1 Å². The van der Waals surface area contributed by atoms with Crippen LogP contribution in [-0.4, -0.2) is 39.0 Å². The Labute approximate surface area is 157 Å². The summed E-state index contributed by atoms with van der Waals surface area (Å²) in [5, 5.41) is 21.5. The summed E-state index contributed by atoms with van der Waals surface area (Å²) in [7, 11) is 0. The standard InChI is InChI=1S/C15H14Cl2N2O7/c16-9-14(5-1-11(2-6-14)18(21)22)25-13(20)26-15(10-17)7-3-12(4-8-15)19(23)24/h1-5,7H,6,8-10H2. The molecule has 0 aliphatic heterocycles. The molecule has 0 heterocycles. The van der Waals surface area contributed by atoms with Gasteiger partial charge in [-0.2, -0.15) is 0 Å². The van der Waals surface area contributed by atoms with Crippen molar-refractivity contribution >= 4 is 29.4 Å². The molecule has 140 valence electrons. The molecular formula is C15H14Cl2N2O7. The molecule has 2 unspecified atom stereocenters. The summed E-state index contributed by atoms with van der Waals surface area (Å²) < 4.78 is 10.5. The number of nitrogens with zero attached hydrogens (tertiary/aromatic N) is 2. The number of nitro groups is 2. The Balaban J connectivity index is 2.06. The molecule has 0 N–H and O–H groups in total. The van der Waals surface area contributed by atoms with Crippen LogP contribution in [-0.2, 0) is 9.47 Å². The van der Waals surface area contributed by atoms with Crippen molar-refractivity contribution in [3.05, 3.63) is 68.1 Å². The average molecular weight is 405 g/mol. The average Bonchev–Trinajstić information content (AvgIpc) is 2.62. The molecule has 0 saturated heterocycles. The second-order valence-corrected chi connectivity index (χ2v) is 6.23. The quantitative estimate of drug-likeness (QED) is 0.287. The van der Waals surface area contributed by atoms with E-state index in [1.54, 1.807) is 0 Å². The third-order valence-electron chi connectivity index (χ3n) is 3.88. The fourth-order valence-corrected chi connectivity index (χ4v) is 2.83. The van der Waals surface area contributed by atoms with Crippen LogP contribution in [0.2, 0.25) is 0 Å². The van der Waals surface area contributed by atoms with Crippen molar-refractivity contribution in [3.63, 3.8) is 0 Å². The van der Waals surface area contributed by atoms with E-state index in [0.29, 0.717) is 0 Å². The van der Waals surface area contributed by atoms with Gasteiger partial charge in [0.15, 0.2) is 11.2 Å². The maximum absolute atomic E-state index is 12.2. The summed E-state index contributed by atoms with van der Waals surface area (Å²) in [4.78, 5) is 32.5. The molecule has 0 saturated carbocycles. The van der Waals surface area contributed by atoms with E-state index < -0.39 is 27.2 Å². The maximum atomic E-state index is 12.2. The van der Waals surface area contributed by atoms with Gasteiger partial charge in [-0.05, 0) is 24.3 Å². The lowest BCUT2D eigenvalue weighted by atomic mass is 9.95. The highest BCUT2D eigenvalue weighted by molar-refractivity contribution is 6.19. The van der Waals surface area contributed by atoms with Crippen molar-refractivity contribution in [2.75, 3.05) is 11.8 Å². The number of alkyl halides is 2. The van der Waals surface area contributed by atoms with E-state index >= 15 is 0 Å².